The van der Waals surface area contributed by atoms with E-state index in [-0.39, 0.29) is 17.6 Å². The summed E-state index contributed by atoms with van der Waals surface area (Å²) in [7, 11) is 0. The zero-order valence-corrected chi connectivity index (χ0v) is 13.8. The fraction of sp³-hybridized carbons (Fsp3) is 0.375. The highest BCUT2D eigenvalue weighted by Crippen LogP contribution is 2.33. The van der Waals surface area contributed by atoms with E-state index in [9.17, 15) is 9.90 Å². The molecule has 1 aliphatic rings. The first-order valence-corrected chi connectivity index (χ1v) is 8.78. The van der Waals surface area contributed by atoms with Crippen molar-refractivity contribution in [3.8, 4) is 0 Å². The number of thiophene rings is 1. The second-order valence-electron chi connectivity index (χ2n) is 5.89. The summed E-state index contributed by atoms with van der Waals surface area (Å²) in [6.45, 7) is 1.21. The Balaban J connectivity index is 1.42. The molecule has 7 nitrogen and oxygen atoms in total. The van der Waals surface area contributed by atoms with E-state index in [1.807, 2.05) is 17.5 Å². The van der Waals surface area contributed by atoms with Crippen molar-refractivity contribution in [2.45, 2.75) is 18.9 Å². The van der Waals surface area contributed by atoms with Crippen LogP contribution in [0, 0.1) is 5.92 Å². The van der Waals surface area contributed by atoms with E-state index in [1.165, 1.54) is 4.52 Å². The van der Waals surface area contributed by atoms with Crippen molar-refractivity contribution in [1.82, 2.24) is 24.5 Å². The monoisotopic (exact) mass is 343 g/mol. The Kier molecular flexibility index (Phi) is 3.99. The summed E-state index contributed by atoms with van der Waals surface area (Å²) in [5.74, 6) is 0.600. The Bertz CT molecular complexity index is 806. The smallest absolute Gasteiger partial charge is 0.293 e. The number of carbonyl (C=O) groups is 1. The molecule has 1 unspecified atom stereocenters. The number of hydrogen-bond acceptors (Lipinski definition) is 6. The van der Waals surface area contributed by atoms with Gasteiger partial charge in [-0.15, -0.1) is 16.4 Å². The van der Waals surface area contributed by atoms with E-state index in [2.05, 4.69) is 15.1 Å². The van der Waals surface area contributed by atoms with Crippen LogP contribution < -0.4 is 0 Å². The fourth-order valence-corrected chi connectivity index (χ4v) is 3.88. The van der Waals surface area contributed by atoms with Crippen LogP contribution in [0.4, 0.5) is 0 Å². The van der Waals surface area contributed by atoms with Crippen LogP contribution in [-0.2, 0) is 0 Å². The first-order chi connectivity index (χ1) is 11.7. The van der Waals surface area contributed by atoms with Gasteiger partial charge in [-0.1, -0.05) is 6.07 Å². The van der Waals surface area contributed by atoms with Gasteiger partial charge in [0.2, 0.25) is 5.82 Å². The van der Waals surface area contributed by atoms with Gasteiger partial charge in [-0.2, -0.15) is 4.98 Å². The first kappa shape index (κ1) is 15.2. The lowest BCUT2D eigenvalue weighted by molar-refractivity contribution is 0.0466. The Morgan fingerprint density at radius 3 is 2.88 bits per heavy atom. The number of aliphatic hydroxyl groups is 1. The van der Waals surface area contributed by atoms with Gasteiger partial charge in [0.15, 0.2) is 0 Å². The highest BCUT2D eigenvalue weighted by molar-refractivity contribution is 7.10. The molecule has 4 heterocycles. The number of rotatable bonds is 3. The highest BCUT2D eigenvalue weighted by Gasteiger charge is 2.30. The van der Waals surface area contributed by atoms with E-state index in [1.54, 1.807) is 34.7 Å². The molecule has 1 atom stereocenters. The number of aromatic nitrogens is 4. The van der Waals surface area contributed by atoms with Crippen molar-refractivity contribution in [2.24, 2.45) is 5.92 Å². The number of carbonyl (C=O) groups excluding carboxylic acids is 1. The lowest BCUT2D eigenvalue weighted by atomic mass is 9.90. The molecular formula is C16H17N5O2S. The maximum Gasteiger partial charge on any atom is 0.293 e. The topological polar surface area (TPSA) is 83.6 Å². The standard InChI is InChI=1S/C16H17N5O2S/c22-13(12-3-1-10-24-12)11-4-8-20(9-5-11)15(23)14-18-16-17-6-2-7-21(16)19-14/h1-3,6-7,10-11,13,22H,4-5,8-9H2. The quantitative estimate of drug-likeness (QED) is 0.783. The Morgan fingerprint density at radius 2 is 2.17 bits per heavy atom. The molecule has 0 bridgehead atoms. The second-order valence-corrected chi connectivity index (χ2v) is 6.87. The van der Waals surface area contributed by atoms with Gasteiger partial charge in [-0.25, -0.2) is 9.50 Å². The third kappa shape index (κ3) is 2.78. The number of amides is 1. The number of hydrogen-bond donors (Lipinski definition) is 1. The normalized spacial score (nSPS) is 17.3. The fourth-order valence-electron chi connectivity index (χ4n) is 3.07. The zero-order valence-electron chi connectivity index (χ0n) is 12.9. The van der Waals surface area contributed by atoms with Crippen molar-refractivity contribution in [1.29, 1.82) is 0 Å². The number of nitrogens with zero attached hydrogens (tertiary/aromatic N) is 5. The van der Waals surface area contributed by atoms with Crippen molar-refractivity contribution in [2.75, 3.05) is 13.1 Å². The van der Waals surface area contributed by atoms with Crippen LogP contribution in [0.1, 0.15) is 34.4 Å². The van der Waals surface area contributed by atoms with Crippen molar-refractivity contribution in [3.05, 3.63) is 46.7 Å². The molecule has 0 radical (unpaired) electrons. The van der Waals surface area contributed by atoms with Gasteiger partial charge in [-0.3, -0.25) is 4.79 Å². The summed E-state index contributed by atoms with van der Waals surface area (Å²) < 4.78 is 1.50. The number of aliphatic hydroxyl groups excluding tert-OH is 1. The molecule has 1 N–H and O–H groups in total. The molecule has 4 rings (SSSR count). The van der Waals surface area contributed by atoms with Crippen LogP contribution in [0.25, 0.3) is 5.78 Å². The predicted molar refractivity (Wildman–Crippen MR) is 88.7 cm³/mol. The molecule has 8 heteroatoms. The molecule has 24 heavy (non-hydrogen) atoms. The van der Waals surface area contributed by atoms with Gasteiger partial charge < -0.3 is 10.0 Å². The summed E-state index contributed by atoms with van der Waals surface area (Å²) in [5, 5.41) is 16.6. The minimum atomic E-state index is -0.445. The second kappa shape index (κ2) is 6.29. The molecule has 3 aromatic rings. The van der Waals surface area contributed by atoms with E-state index in [0.29, 0.717) is 18.9 Å². The highest BCUT2D eigenvalue weighted by atomic mass is 32.1. The molecule has 0 aromatic carbocycles. The summed E-state index contributed by atoms with van der Waals surface area (Å²) in [4.78, 5) is 23.6. The van der Waals surface area contributed by atoms with Crippen molar-refractivity contribution in [3.63, 3.8) is 0 Å². The van der Waals surface area contributed by atoms with Crippen LogP contribution in [0.2, 0.25) is 0 Å². The van der Waals surface area contributed by atoms with E-state index in [0.717, 1.165) is 17.7 Å². The summed E-state index contributed by atoms with van der Waals surface area (Å²) >= 11 is 1.57. The predicted octanol–water partition coefficient (Wildman–Crippen LogP) is 1.77. The zero-order chi connectivity index (χ0) is 16.5. The molecule has 0 spiro atoms. The van der Waals surface area contributed by atoms with Gasteiger partial charge in [0.05, 0.1) is 6.10 Å². The maximum absolute atomic E-state index is 12.6. The maximum atomic E-state index is 12.6. The van der Waals surface area contributed by atoms with E-state index >= 15 is 0 Å². The SMILES string of the molecule is O=C(c1nc2ncccn2n1)N1CCC(C(O)c2cccs2)CC1. The van der Waals surface area contributed by atoms with Crippen LogP contribution in [-0.4, -0.2) is 48.6 Å². The van der Waals surface area contributed by atoms with Crippen LogP contribution >= 0.6 is 11.3 Å². The molecule has 0 saturated carbocycles. The molecule has 0 aliphatic carbocycles. The molecule has 1 saturated heterocycles. The number of fused-ring (bicyclic) bond motifs is 1. The summed E-state index contributed by atoms with van der Waals surface area (Å²) in [6, 6.07) is 5.65. The minimum Gasteiger partial charge on any atom is -0.387 e. The molecule has 1 amide bonds. The van der Waals surface area contributed by atoms with Crippen LogP contribution in [0.5, 0.6) is 0 Å². The van der Waals surface area contributed by atoms with Gasteiger partial charge in [0, 0.05) is 30.4 Å². The Morgan fingerprint density at radius 1 is 1.33 bits per heavy atom. The van der Waals surface area contributed by atoms with Gasteiger partial charge >= 0.3 is 0 Å². The molecule has 124 valence electrons. The summed E-state index contributed by atoms with van der Waals surface area (Å²) in [6.07, 6.45) is 4.44. The Labute approximate surface area is 142 Å². The lowest BCUT2D eigenvalue weighted by Gasteiger charge is -2.33. The molecule has 1 fully saturated rings. The van der Waals surface area contributed by atoms with E-state index < -0.39 is 6.10 Å². The van der Waals surface area contributed by atoms with E-state index in [4.69, 9.17) is 0 Å². The van der Waals surface area contributed by atoms with Crippen LogP contribution in [0.15, 0.2) is 36.0 Å². The van der Waals surface area contributed by atoms with Crippen molar-refractivity contribution < 1.29 is 9.90 Å². The largest absolute Gasteiger partial charge is 0.387 e. The average Bonchev–Trinajstić information content (AvgIpc) is 3.30. The Hall–Kier alpha value is -2.32. The van der Waals surface area contributed by atoms with Gasteiger partial charge in [0.25, 0.3) is 11.7 Å². The van der Waals surface area contributed by atoms with Crippen LogP contribution in [0.3, 0.4) is 0 Å². The lowest BCUT2D eigenvalue weighted by Crippen LogP contribution is -2.40. The molecule has 3 aromatic heterocycles. The average molecular weight is 343 g/mol. The molecule has 1 aliphatic heterocycles. The molecular weight excluding hydrogens is 326 g/mol. The summed E-state index contributed by atoms with van der Waals surface area (Å²) in [5.41, 5.74) is 0. The third-order valence-corrected chi connectivity index (χ3v) is 5.36. The first-order valence-electron chi connectivity index (χ1n) is 7.90. The van der Waals surface area contributed by atoms with Crippen molar-refractivity contribution >= 4 is 23.0 Å². The van der Waals surface area contributed by atoms with Gasteiger partial charge in [-0.05, 0) is 36.3 Å². The third-order valence-electron chi connectivity index (χ3n) is 4.42. The number of piperidine rings is 1. The number of likely N-dealkylation sites (tertiary alicyclic amines) is 1. The minimum absolute atomic E-state index is 0.172. The van der Waals surface area contributed by atoms with Gasteiger partial charge in [0.1, 0.15) is 0 Å².